The van der Waals surface area contributed by atoms with E-state index in [2.05, 4.69) is 10.6 Å². The van der Waals surface area contributed by atoms with Crippen molar-refractivity contribution in [3.8, 4) is 0 Å². The quantitative estimate of drug-likeness (QED) is 0.411. The van der Waals surface area contributed by atoms with Crippen molar-refractivity contribution in [1.82, 2.24) is 10.6 Å². The van der Waals surface area contributed by atoms with Crippen LogP contribution in [0.15, 0.2) is 24.3 Å². The molecule has 8 nitrogen and oxygen atoms in total. The van der Waals surface area contributed by atoms with E-state index in [0.29, 0.717) is 24.3 Å². The fraction of sp³-hybridized carbons (Fsp3) is 0.667. The average Bonchev–Trinajstić information content (AvgIpc) is 2.80. The van der Waals surface area contributed by atoms with Crippen LogP contribution in [0.2, 0.25) is 0 Å². The van der Waals surface area contributed by atoms with Crippen molar-refractivity contribution in [2.45, 2.75) is 51.6 Å². The first kappa shape index (κ1) is 30.1. The maximum atomic E-state index is 12.5. The molecule has 1 aliphatic heterocycles. The lowest BCUT2D eigenvalue weighted by Crippen LogP contribution is -2.42. The van der Waals surface area contributed by atoms with Gasteiger partial charge in [-0.3, -0.25) is 9.59 Å². The summed E-state index contributed by atoms with van der Waals surface area (Å²) >= 11 is 3.17. The number of hydrogen-bond donors (Lipinski definition) is 2. The zero-order chi connectivity index (χ0) is 25.3. The maximum absolute atomic E-state index is 12.5. The van der Waals surface area contributed by atoms with Gasteiger partial charge in [0.15, 0.2) is 0 Å². The Bertz CT molecular complexity index is 668. The summed E-state index contributed by atoms with van der Waals surface area (Å²) < 4.78 is 10.8. The van der Waals surface area contributed by atoms with Crippen molar-refractivity contribution in [1.29, 1.82) is 0 Å². The molecule has 1 aliphatic rings. The third-order valence-electron chi connectivity index (χ3n) is 4.97. The summed E-state index contributed by atoms with van der Waals surface area (Å²) in [6.07, 6.45) is 12.0. The molecule has 192 valence electrons. The number of rotatable bonds is 6. The molecule has 0 aromatic carbocycles. The van der Waals surface area contributed by atoms with E-state index in [1.807, 2.05) is 26.4 Å². The summed E-state index contributed by atoms with van der Waals surface area (Å²) in [7, 11) is 0. The third kappa shape index (κ3) is 13.1. The van der Waals surface area contributed by atoms with E-state index >= 15 is 0 Å². The lowest BCUT2D eigenvalue weighted by atomic mass is 10.1. The summed E-state index contributed by atoms with van der Waals surface area (Å²) in [6, 6.07) is -1.42. The standard InChI is InChI=1S/C24H38N2O6S2/c1-17-7-5-9-21(27)26-20(12-14-34-4)24(30)32-16-18(2)8-6-10-22(28)25-19(11-13-33-3)23(29)31-15-17/h5-8,17-20H,9-16H2,1-4H3,(H,25,28)(H,26,27)/t17-,18-,19+,20+/m1/s1. The number of hydrogen-bond acceptors (Lipinski definition) is 8. The van der Waals surface area contributed by atoms with Crippen LogP contribution >= 0.6 is 23.5 Å². The molecular weight excluding hydrogens is 476 g/mol. The molecule has 2 N–H and O–H groups in total. The number of esters is 2. The summed E-state index contributed by atoms with van der Waals surface area (Å²) in [5, 5.41) is 5.51. The lowest BCUT2D eigenvalue weighted by molar-refractivity contribution is -0.149. The zero-order valence-corrected chi connectivity index (χ0v) is 22.2. The first-order valence-corrected chi connectivity index (χ1v) is 14.3. The smallest absolute Gasteiger partial charge is 0.328 e. The van der Waals surface area contributed by atoms with Gasteiger partial charge in [-0.2, -0.15) is 23.5 Å². The van der Waals surface area contributed by atoms with Crippen LogP contribution in [0.3, 0.4) is 0 Å². The van der Waals surface area contributed by atoms with Crippen LogP contribution in [0, 0.1) is 11.8 Å². The molecule has 0 aliphatic carbocycles. The van der Waals surface area contributed by atoms with Gasteiger partial charge in [-0.1, -0.05) is 38.2 Å². The van der Waals surface area contributed by atoms with E-state index in [1.165, 1.54) is 0 Å². The van der Waals surface area contributed by atoms with E-state index in [4.69, 9.17) is 9.47 Å². The number of thioether (sulfide) groups is 2. The van der Waals surface area contributed by atoms with Gasteiger partial charge in [0.05, 0.1) is 13.2 Å². The van der Waals surface area contributed by atoms with E-state index in [1.54, 1.807) is 47.8 Å². The fourth-order valence-electron chi connectivity index (χ4n) is 3.03. The van der Waals surface area contributed by atoms with Crippen molar-refractivity contribution in [2.75, 3.05) is 37.2 Å². The lowest BCUT2D eigenvalue weighted by Gasteiger charge is -2.19. The molecule has 0 saturated carbocycles. The van der Waals surface area contributed by atoms with Crippen molar-refractivity contribution in [3.05, 3.63) is 24.3 Å². The molecule has 4 atom stereocenters. The molecule has 0 aromatic rings. The van der Waals surface area contributed by atoms with E-state index in [-0.39, 0.29) is 49.7 Å². The number of cyclic esters (lactones) is 2. The van der Waals surface area contributed by atoms with Crippen LogP contribution in [-0.4, -0.2) is 73.1 Å². The Morgan fingerprint density at radius 1 is 0.765 bits per heavy atom. The Labute approximate surface area is 211 Å². The zero-order valence-electron chi connectivity index (χ0n) is 20.5. The molecule has 0 unspecified atom stereocenters. The van der Waals surface area contributed by atoms with E-state index < -0.39 is 24.0 Å². The molecule has 0 spiro atoms. The molecule has 0 aromatic heterocycles. The molecule has 0 radical (unpaired) electrons. The minimum atomic E-state index is -0.711. The van der Waals surface area contributed by atoms with Crippen LogP contribution in [0.4, 0.5) is 0 Å². The van der Waals surface area contributed by atoms with Gasteiger partial charge in [-0.15, -0.1) is 0 Å². The van der Waals surface area contributed by atoms with Crippen LogP contribution in [0.5, 0.6) is 0 Å². The highest BCUT2D eigenvalue weighted by Crippen LogP contribution is 2.09. The van der Waals surface area contributed by atoms with Crippen molar-refractivity contribution >= 4 is 47.3 Å². The molecule has 0 fully saturated rings. The van der Waals surface area contributed by atoms with Gasteiger partial charge in [0.2, 0.25) is 11.8 Å². The monoisotopic (exact) mass is 514 g/mol. The minimum Gasteiger partial charge on any atom is -0.464 e. The Morgan fingerprint density at radius 3 is 1.50 bits per heavy atom. The van der Waals surface area contributed by atoms with Gasteiger partial charge in [-0.05, 0) is 36.9 Å². The number of nitrogens with one attached hydrogen (secondary N) is 2. The number of ether oxygens (including phenoxy) is 2. The topological polar surface area (TPSA) is 111 Å². The number of amides is 2. The molecule has 1 heterocycles. The molecule has 0 bridgehead atoms. The highest BCUT2D eigenvalue weighted by molar-refractivity contribution is 7.98. The van der Waals surface area contributed by atoms with E-state index in [0.717, 1.165) is 0 Å². The largest absolute Gasteiger partial charge is 0.464 e. The second-order valence-corrected chi connectivity index (χ2v) is 10.3. The van der Waals surface area contributed by atoms with Crippen LogP contribution in [0.25, 0.3) is 0 Å². The second-order valence-electron chi connectivity index (χ2n) is 8.28. The van der Waals surface area contributed by atoms with Crippen molar-refractivity contribution in [3.63, 3.8) is 0 Å². The highest BCUT2D eigenvalue weighted by Gasteiger charge is 2.23. The average molecular weight is 515 g/mol. The Kier molecular flexibility index (Phi) is 15.5. The first-order chi connectivity index (χ1) is 16.3. The van der Waals surface area contributed by atoms with Gasteiger partial charge in [0.1, 0.15) is 12.1 Å². The Morgan fingerprint density at radius 2 is 1.15 bits per heavy atom. The second kappa shape index (κ2) is 17.5. The molecule has 1 rings (SSSR count). The van der Waals surface area contributed by atoms with Gasteiger partial charge in [-0.25, -0.2) is 9.59 Å². The van der Waals surface area contributed by atoms with Gasteiger partial charge in [0, 0.05) is 24.7 Å². The molecule has 34 heavy (non-hydrogen) atoms. The summed E-state index contributed by atoms with van der Waals surface area (Å²) in [5.74, 6) is -0.272. The molecular formula is C24H38N2O6S2. The van der Waals surface area contributed by atoms with Crippen LogP contribution in [0.1, 0.15) is 39.5 Å². The van der Waals surface area contributed by atoms with E-state index in [9.17, 15) is 19.2 Å². The van der Waals surface area contributed by atoms with Crippen LogP contribution < -0.4 is 10.6 Å². The predicted molar refractivity (Wildman–Crippen MR) is 138 cm³/mol. The summed E-state index contributed by atoms with van der Waals surface area (Å²) in [4.78, 5) is 49.8. The summed E-state index contributed by atoms with van der Waals surface area (Å²) in [5.41, 5.74) is 0. The molecule has 10 heteroatoms. The SMILES string of the molecule is CSCC[C@@H]1NC(=O)CC=C[C@@H](C)COC(=O)[C@H](CCSC)NC(=O)CC=C[C@@H](C)COC1=O. The van der Waals surface area contributed by atoms with Crippen LogP contribution in [-0.2, 0) is 28.7 Å². The van der Waals surface area contributed by atoms with Gasteiger partial charge >= 0.3 is 11.9 Å². The molecule has 0 saturated heterocycles. The molecule has 2 amide bonds. The Hall–Kier alpha value is -1.94. The van der Waals surface area contributed by atoms with Crippen molar-refractivity contribution < 1.29 is 28.7 Å². The number of carbonyl (C=O) groups is 4. The minimum absolute atomic E-state index is 0.104. The highest BCUT2D eigenvalue weighted by atomic mass is 32.2. The predicted octanol–water partition coefficient (Wildman–Crippen LogP) is 2.73. The number of carbonyl (C=O) groups excluding carboxylic acids is 4. The third-order valence-corrected chi connectivity index (χ3v) is 6.26. The first-order valence-electron chi connectivity index (χ1n) is 11.5. The maximum Gasteiger partial charge on any atom is 0.328 e. The normalized spacial score (nSPS) is 26.2. The fourth-order valence-corrected chi connectivity index (χ4v) is 3.97. The Balaban J connectivity index is 2.93. The van der Waals surface area contributed by atoms with Gasteiger partial charge < -0.3 is 20.1 Å². The summed E-state index contributed by atoms with van der Waals surface area (Å²) in [6.45, 7) is 4.02. The van der Waals surface area contributed by atoms with Gasteiger partial charge in [0.25, 0.3) is 0 Å². The van der Waals surface area contributed by atoms with Crippen molar-refractivity contribution in [2.24, 2.45) is 11.8 Å².